The minimum atomic E-state index is -0.299. The molecule has 0 N–H and O–H groups in total. The Bertz CT molecular complexity index is 530. The van der Waals surface area contributed by atoms with Crippen molar-refractivity contribution in [3.8, 4) is 0 Å². The van der Waals surface area contributed by atoms with Crippen molar-refractivity contribution in [1.29, 1.82) is 0 Å². The summed E-state index contributed by atoms with van der Waals surface area (Å²) in [5.74, 6) is -0.456. The highest BCUT2D eigenvalue weighted by Crippen LogP contribution is 2.13. The molecule has 0 aliphatic rings. The van der Waals surface area contributed by atoms with Gasteiger partial charge in [-0.25, -0.2) is 0 Å². The highest BCUT2D eigenvalue weighted by Gasteiger charge is 2.20. The maximum absolute atomic E-state index is 12.6. The summed E-state index contributed by atoms with van der Waals surface area (Å²) in [5.41, 5.74) is 1.18. The van der Waals surface area contributed by atoms with Gasteiger partial charge in [0.1, 0.15) is 0 Å². The van der Waals surface area contributed by atoms with Crippen LogP contribution in [-0.4, -0.2) is 37.0 Å². The van der Waals surface area contributed by atoms with Crippen molar-refractivity contribution >= 4 is 23.5 Å². The lowest BCUT2D eigenvalue weighted by molar-refractivity contribution is -0.146. The lowest BCUT2D eigenvalue weighted by Crippen LogP contribution is -2.38. The zero-order valence-corrected chi connectivity index (χ0v) is 16.3. The van der Waals surface area contributed by atoms with Crippen molar-refractivity contribution in [1.82, 2.24) is 4.90 Å². The Morgan fingerprint density at radius 1 is 1.16 bits per heavy atom. The monoisotopic (exact) mass is 367 g/mol. The fourth-order valence-electron chi connectivity index (χ4n) is 2.73. The zero-order chi connectivity index (χ0) is 18.7. The van der Waals surface area contributed by atoms with E-state index in [0.717, 1.165) is 37.1 Å². The summed E-state index contributed by atoms with van der Waals surface area (Å²) in [4.78, 5) is 26.1. The first kappa shape index (κ1) is 21.5. The molecule has 0 aliphatic heterocycles. The Balaban J connectivity index is 2.52. The van der Waals surface area contributed by atoms with E-state index in [1.54, 1.807) is 6.92 Å². The minimum Gasteiger partial charge on any atom is -0.469 e. The van der Waals surface area contributed by atoms with Crippen molar-refractivity contribution in [3.05, 3.63) is 34.9 Å². The Hall–Kier alpha value is -1.55. The number of halogens is 1. The second-order valence-electron chi connectivity index (χ2n) is 6.45. The summed E-state index contributed by atoms with van der Waals surface area (Å²) in [6.45, 7) is 5.07. The molecule has 0 aliphatic carbocycles. The first-order valence-corrected chi connectivity index (χ1v) is 9.45. The maximum Gasteiger partial charge on any atom is 0.310 e. The Morgan fingerprint density at radius 2 is 1.84 bits per heavy atom. The average Bonchev–Trinajstić information content (AvgIpc) is 2.61. The van der Waals surface area contributed by atoms with E-state index in [-0.39, 0.29) is 17.8 Å². The smallest absolute Gasteiger partial charge is 0.310 e. The number of aryl methyl sites for hydroxylation is 1. The molecule has 1 aromatic rings. The van der Waals surface area contributed by atoms with Gasteiger partial charge in [0.25, 0.3) is 0 Å². The van der Waals surface area contributed by atoms with Gasteiger partial charge in [-0.2, -0.15) is 0 Å². The molecule has 1 amide bonds. The van der Waals surface area contributed by atoms with Crippen LogP contribution in [0.25, 0.3) is 0 Å². The first-order valence-electron chi connectivity index (χ1n) is 9.08. The molecule has 0 heterocycles. The molecular formula is C20H30ClNO3. The van der Waals surface area contributed by atoms with Crippen molar-refractivity contribution in [2.75, 3.05) is 20.2 Å². The van der Waals surface area contributed by atoms with Crippen LogP contribution in [0.5, 0.6) is 0 Å². The van der Waals surface area contributed by atoms with E-state index in [0.29, 0.717) is 19.5 Å². The van der Waals surface area contributed by atoms with Crippen LogP contribution in [0, 0.1) is 5.92 Å². The third kappa shape index (κ3) is 8.39. The van der Waals surface area contributed by atoms with Crippen molar-refractivity contribution in [2.45, 2.75) is 52.4 Å². The summed E-state index contributed by atoms with van der Waals surface area (Å²) < 4.78 is 4.78. The Labute approximate surface area is 156 Å². The van der Waals surface area contributed by atoms with Crippen molar-refractivity contribution in [2.24, 2.45) is 5.92 Å². The summed E-state index contributed by atoms with van der Waals surface area (Å²) >= 11 is 5.89. The van der Waals surface area contributed by atoms with Gasteiger partial charge in [-0.15, -0.1) is 0 Å². The van der Waals surface area contributed by atoms with Crippen LogP contribution in [0.1, 0.15) is 51.5 Å². The fourth-order valence-corrected chi connectivity index (χ4v) is 2.86. The number of hydrogen-bond donors (Lipinski definition) is 0. The van der Waals surface area contributed by atoms with Gasteiger partial charge < -0.3 is 9.64 Å². The molecule has 1 aromatic carbocycles. The van der Waals surface area contributed by atoms with Crippen molar-refractivity contribution in [3.63, 3.8) is 0 Å². The quantitative estimate of drug-likeness (QED) is 0.427. The number of carbonyl (C=O) groups is 2. The molecule has 0 bridgehead atoms. The molecule has 0 saturated carbocycles. The number of ether oxygens (including phenoxy) is 1. The molecule has 1 atom stereocenters. The maximum atomic E-state index is 12.6. The van der Waals surface area contributed by atoms with Crippen LogP contribution >= 0.6 is 11.6 Å². The van der Waals surface area contributed by atoms with Crippen LogP contribution < -0.4 is 0 Å². The molecule has 0 fully saturated rings. The highest BCUT2D eigenvalue weighted by molar-refractivity contribution is 6.30. The highest BCUT2D eigenvalue weighted by atomic mass is 35.5. The Morgan fingerprint density at radius 3 is 2.44 bits per heavy atom. The predicted octanol–water partition coefficient (Wildman–Crippen LogP) is 4.49. The number of nitrogens with zero attached hydrogens (tertiary/aromatic N) is 1. The minimum absolute atomic E-state index is 0.112. The van der Waals surface area contributed by atoms with Gasteiger partial charge >= 0.3 is 5.97 Å². The average molecular weight is 368 g/mol. The van der Waals surface area contributed by atoms with Gasteiger partial charge in [-0.3, -0.25) is 9.59 Å². The van der Waals surface area contributed by atoms with E-state index in [2.05, 4.69) is 6.92 Å². The van der Waals surface area contributed by atoms with E-state index < -0.39 is 0 Å². The molecule has 0 saturated heterocycles. The summed E-state index contributed by atoms with van der Waals surface area (Å²) in [5, 5.41) is 0.721. The molecule has 4 nitrogen and oxygen atoms in total. The molecule has 25 heavy (non-hydrogen) atoms. The van der Waals surface area contributed by atoms with E-state index in [1.165, 1.54) is 12.7 Å². The van der Waals surface area contributed by atoms with Gasteiger partial charge in [0.15, 0.2) is 0 Å². The third-order valence-electron chi connectivity index (χ3n) is 4.25. The van der Waals surface area contributed by atoms with Gasteiger partial charge in [0.2, 0.25) is 5.91 Å². The number of esters is 1. The molecule has 0 aromatic heterocycles. The fraction of sp³-hybridized carbons (Fsp3) is 0.600. The summed E-state index contributed by atoms with van der Waals surface area (Å²) in [6, 6.07) is 7.72. The predicted molar refractivity (Wildman–Crippen MR) is 102 cm³/mol. The van der Waals surface area contributed by atoms with Gasteiger partial charge in [-0.1, -0.05) is 50.4 Å². The number of hydrogen-bond acceptors (Lipinski definition) is 3. The van der Waals surface area contributed by atoms with Crippen LogP contribution in [0.15, 0.2) is 24.3 Å². The van der Waals surface area contributed by atoms with Gasteiger partial charge in [0.05, 0.1) is 13.0 Å². The third-order valence-corrected chi connectivity index (χ3v) is 4.50. The molecule has 1 rings (SSSR count). The van der Waals surface area contributed by atoms with Gasteiger partial charge in [-0.05, 0) is 37.0 Å². The normalized spacial score (nSPS) is 11.8. The lowest BCUT2D eigenvalue weighted by Gasteiger charge is -2.25. The number of unbranched alkanes of at least 4 members (excludes halogenated alkanes) is 2. The second kappa shape index (κ2) is 11.9. The standard InChI is InChI=1S/C20H30ClNO3/c1-4-5-6-14-22(15-16(2)20(24)25-3)19(23)9-7-8-17-10-12-18(21)13-11-17/h10-13,16H,4-9,14-15H2,1-3H3. The van der Waals surface area contributed by atoms with E-state index >= 15 is 0 Å². The van der Waals surface area contributed by atoms with Crippen LogP contribution in [0.4, 0.5) is 0 Å². The molecule has 0 spiro atoms. The summed E-state index contributed by atoms with van der Waals surface area (Å²) in [6.07, 6.45) is 5.28. The topological polar surface area (TPSA) is 46.6 Å². The van der Waals surface area contributed by atoms with Gasteiger partial charge in [0, 0.05) is 24.5 Å². The van der Waals surface area contributed by atoms with Crippen LogP contribution in [0.2, 0.25) is 5.02 Å². The molecule has 5 heteroatoms. The molecule has 0 radical (unpaired) electrons. The second-order valence-corrected chi connectivity index (χ2v) is 6.89. The summed E-state index contributed by atoms with van der Waals surface area (Å²) in [7, 11) is 1.38. The van der Waals surface area contributed by atoms with Crippen LogP contribution in [-0.2, 0) is 20.7 Å². The van der Waals surface area contributed by atoms with Crippen molar-refractivity contribution < 1.29 is 14.3 Å². The Kier molecular flexibility index (Phi) is 10.2. The molecular weight excluding hydrogens is 338 g/mol. The zero-order valence-electron chi connectivity index (χ0n) is 15.6. The number of amides is 1. The van der Waals surface area contributed by atoms with Crippen LogP contribution in [0.3, 0.4) is 0 Å². The first-order chi connectivity index (χ1) is 12.0. The molecule has 1 unspecified atom stereocenters. The number of benzene rings is 1. The number of carbonyl (C=O) groups excluding carboxylic acids is 2. The van der Waals surface area contributed by atoms with E-state index in [9.17, 15) is 9.59 Å². The molecule has 140 valence electrons. The lowest BCUT2D eigenvalue weighted by atomic mass is 10.1. The SMILES string of the molecule is CCCCCN(CC(C)C(=O)OC)C(=O)CCCc1ccc(Cl)cc1. The number of rotatable bonds is 11. The van der Waals surface area contributed by atoms with E-state index in [1.807, 2.05) is 29.2 Å². The number of methoxy groups -OCH3 is 1. The van der Waals surface area contributed by atoms with E-state index in [4.69, 9.17) is 16.3 Å². The largest absolute Gasteiger partial charge is 0.469 e.